The molecule has 0 spiro atoms. The predicted molar refractivity (Wildman–Crippen MR) is 82.3 cm³/mol. The van der Waals surface area contributed by atoms with Gasteiger partial charge in [-0.2, -0.15) is 0 Å². The van der Waals surface area contributed by atoms with Gasteiger partial charge in [0.1, 0.15) is 11.6 Å². The molecule has 1 aliphatic heterocycles. The summed E-state index contributed by atoms with van der Waals surface area (Å²) >= 11 is 0. The number of piperidine rings is 1. The first-order valence-corrected chi connectivity index (χ1v) is 7.90. The van der Waals surface area contributed by atoms with E-state index in [2.05, 4.69) is 24.1 Å². The summed E-state index contributed by atoms with van der Waals surface area (Å²) in [6, 6.07) is 3.50. The third-order valence-electron chi connectivity index (χ3n) is 4.97. The molecule has 0 aromatic heterocycles. The standard InChI is InChI=1S/C17H26F2N2/c1-4-17(2,21-10-6-5-7-11-21)16(20-3)14-12-13(18)8-9-15(14)19/h8-9,12,16,20H,4-7,10-11H2,1-3H3. The van der Waals surface area contributed by atoms with Crippen molar-refractivity contribution in [2.45, 2.75) is 51.1 Å². The molecule has 2 nitrogen and oxygen atoms in total. The van der Waals surface area contributed by atoms with Gasteiger partial charge in [-0.1, -0.05) is 13.3 Å². The number of rotatable bonds is 5. The molecule has 4 heteroatoms. The van der Waals surface area contributed by atoms with Crippen molar-refractivity contribution in [2.24, 2.45) is 0 Å². The van der Waals surface area contributed by atoms with E-state index in [-0.39, 0.29) is 23.2 Å². The monoisotopic (exact) mass is 296 g/mol. The van der Waals surface area contributed by atoms with Gasteiger partial charge in [-0.3, -0.25) is 4.90 Å². The van der Waals surface area contributed by atoms with E-state index in [4.69, 9.17) is 0 Å². The van der Waals surface area contributed by atoms with Crippen molar-refractivity contribution in [3.8, 4) is 0 Å². The molecule has 0 amide bonds. The van der Waals surface area contributed by atoms with Gasteiger partial charge in [0.2, 0.25) is 0 Å². The Kier molecular flexibility index (Phi) is 5.33. The number of nitrogens with zero attached hydrogens (tertiary/aromatic N) is 1. The minimum Gasteiger partial charge on any atom is -0.311 e. The fourth-order valence-corrected chi connectivity index (χ4v) is 3.55. The molecular weight excluding hydrogens is 270 g/mol. The Morgan fingerprint density at radius 3 is 2.48 bits per heavy atom. The molecule has 21 heavy (non-hydrogen) atoms. The molecule has 0 bridgehead atoms. The van der Waals surface area contributed by atoms with Crippen LogP contribution in [0.1, 0.15) is 51.1 Å². The number of hydrogen-bond donors (Lipinski definition) is 1. The van der Waals surface area contributed by atoms with Crippen LogP contribution in [0, 0.1) is 11.6 Å². The second-order valence-corrected chi connectivity index (χ2v) is 6.15. The van der Waals surface area contributed by atoms with Crippen LogP contribution in [0.5, 0.6) is 0 Å². The molecule has 1 N–H and O–H groups in total. The fourth-order valence-electron chi connectivity index (χ4n) is 3.55. The van der Waals surface area contributed by atoms with Crippen LogP contribution in [0.15, 0.2) is 18.2 Å². The van der Waals surface area contributed by atoms with Crippen LogP contribution in [0.2, 0.25) is 0 Å². The number of nitrogens with one attached hydrogen (secondary N) is 1. The van der Waals surface area contributed by atoms with E-state index >= 15 is 0 Å². The van der Waals surface area contributed by atoms with E-state index in [9.17, 15) is 8.78 Å². The average molecular weight is 296 g/mol. The Labute approximate surface area is 126 Å². The minimum atomic E-state index is -0.385. The van der Waals surface area contributed by atoms with E-state index < -0.39 is 0 Å². The Morgan fingerprint density at radius 2 is 1.90 bits per heavy atom. The highest BCUT2D eigenvalue weighted by atomic mass is 19.1. The number of likely N-dealkylation sites (N-methyl/N-ethyl adjacent to an activating group) is 1. The summed E-state index contributed by atoms with van der Waals surface area (Å²) in [4.78, 5) is 2.43. The van der Waals surface area contributed by atoms with Gasteiger partial charge in [0, 0.05) is 11.1 Å². The van der Waals surface area contributed by atoms with Gasteiger partial charge in [0.25, 0.3) is 0 Å². The second kappa shape index (κ2) is 6.84. The summed E-state index contributed by atoms with van der Waals surface area (Å²) in [5, 5.41) is 3.23. The highest BCUT2D eigenvalue weighted by molar-refractivity contribution is 5.26. The molecule has 118 valence electrons. The lowest BCUT2D eigenvalue weighted by atomic mass is 9.81. The zero-order chi connectivity index (χ0) is 15.5. The maximum absolute atomic E-state index is 14.2. The van der Waals surface area contributed by atoms with Gasteiger partial charge in [-0.25, -0.2) is 8.78 Å². The maximum atomic E-state index is 14.2. The predicted octanol–water partition coefficient (Wildman–Crippen LogP) is 3.88. The SMILES string of the molecule is CCC(C)(C(NC)c1cc(F)ccc1F)N1CCCCC1. The average Bonchev–Trinajstić information content (AvgIpc) is 2.52. The third kappa shape index (κ3) is 3.27. The molecule has 1 aliphatic rings. The Hall–Kier alpha value is -1.00. The second-order valence-electron chi connectivity index (χ2n) is 6.15. The van der Waals surface area contributed by atoms with Crippen LogP contribution in [-0.2, 0) is 0 Å². The number of benzene rings is 1. The van der Waals surface area contributed by atoms with Crippen LogP contribution in [0.3, 0.4) is 0 Å². The lowest BCUT2D eigenvalue weighted by Gasteiger charge is -2.48. The highest BCUT2D eigenvalue weighted by Crippen LogP contribution is 2.37. The van der Waals surface area contributed by atoms with Gasteiger partial charge < -0.3 is 5.32 Å². The van der Waals surface area contributed by atoms with Crippen molar-refractivity contribution in [1.82, 2.24) is 10.2 Å². The molecule has 1 fully saturated rings. The van der Waals surface area contributed by atoms with Crippen molar-refractivity contribution < 1.29 is 8.78 Å². The Bertz CT molecular complexity index is 472. The quantitative estimate of drug-likeness (QED) is 0.887. The molecule has 1 saturated heterocycles. The summed E-state index contributed by atoms with van der Waals surface area (Å²) in [5.41, 5.74) is 0.205. The van der Waals surface area contributed by atoms with Crippen LogP contribution in [0.25, 0.3) is 0 Å². The Morgan fingerprint density at radius 1 is 1.24 bits per heavy atom. The molecule has 2 atom stereocenters. The molecule has 0 radical (unpaired) electrons. The molecular formula is C17H26F2N2. The lowest BCUT2D eigenvalue weighted by Crippen LogP contribution is -2.55. The summed E-state index contributed by atoms with van der Waals surface area (Å²) < 4.78 is 27.8. The number of halogens is 2. The first-order valence-electron chi connectivity index (χ1n) is 7.90. The minimum absolute atomic E-state index is 0.218. The molecule has 2 rings (SSSR count). The molecule has 1 aromatic rings. The summed E-state index contributed by atoms with van der Waals surface area (Å²) in [5.74, 6) is -0.726. The topological polar surface area (TPSA) is 15.3 Å². The number of hydrogen-bond acceptors (Lipinski definition) is 2. The van der Waals surface area contributed by atoms with Gasteiger partial charge in [0.15, 0.2) is 0 Å². The summed E-state index contributed by atoms with van der Waals surface area (Å²) in [7, 11) is 1.83. The van der Waals surface area contributed by atoms with Gasteiger partial charge >= 0.3 is 0 Å². The van der Waals surface area contributed by atoms with Gasteiger partial charge in [0.05, 0.1) is 6.04 Å². The smallest absolute Gasteiger partial charge is 0.128 e. The van der Waals surface area contributed by atoms with Gasteiger partial charge in [-0.05, 0) is 64.5 Å². The Balaban J connectivity index is 2.38. The van der Waals surface area contributed by atoms with E-state index in [1.165, 1.54) is 37.5 Å². The highest BCUT2D eigenvalue weighted by Gasteiger charge is 2.40. The normalized spacial score (nSPS) is 21.0. The van der Waals surface area contributed by atoms with E-state index in [1.807, 2.05) is 7.05 Å². The van der Waals surface area contributed by atoms with Crippen molar-refractivity contribution >= 4 is 0 Å². The molecule has 1 heterocycles. The molecule has 0 saturated carbocycles. The maximum Gasteiger partial charge on any atom is 0.128 e. The van der Waals surface area contributed by atoms with E-state index in [0.29, 0.717) is 5.56 Å². The molecule has 0 aliphatic carbocycles. The van der Waals surface area contributed by atoms with E-state index in [0.717, 1.165) is 19.5 Å². The van der Waals surface area contributed by atoms with Crippen LogP contribution < -0.4 is 5.32 Å². The van der Waals surface area contributed by atoms with Crippen molar-refractivity contribution in [1.29, 1.82) is 0 Å². The zero-order valence-corrected chi connectivity index (χ0v) is 13.3. The first kappa shape index (κ1) is 16.4. The zero-order valence-electron chi connectivity index (χ0n) is 13.3. The summed E-state index contributed by atoms with van der Waals surface area (Å²) in [6.45, 7) is 6.33. The molecule has 1 aromatic carbocycles. The third-order valence-corrected chi connectivity index (χ3v) is 4.97. The number of likely N-dealkylation sites (tertiary alicyclic amines) is 1. The van der Waals surface area contributed by atoms with Crippen LogP contribution >= 0.6 is 0 Å². The molecule has 2 unspecified atom stereocenters. The first-order chi connectivity index (χ1) is 10.0. The van der Waals surface area contributed by atoms with Crippen molar-refractivity contribution in [3.63, 3.8) is 0 Å². The summed E-state index contributed by atoms with van der Waals surface area (Å²) in [6.07, 6.45) is 4.50. The van der Waals surface area contributed by atoms with Crippen molar-refractivity contribution in [3.05, 3.63) is 35.4 Å². The van der Waals surface area contributed by atoms with E-state index in [1.54, 1.807) is 0 Å². The fraction of sp³-hybridized carbons (Fsp3) is 0.647. The van der Waals surface area contributed by atoms with Crippen LogP contribution in [-0.4, -0.2) is 30.6 Å². The lowest BCUT2D eigenvalue weighted by molar-refractivity contribution is 0.0436. The largest absolute Gasteiger partial charge is 0.311 e. The van der Waals surface area contributed by atoms with Gasteiger partial charge in [-0.15, -0.1) is 0 Å². The van der Waals surface area contributed by atoms with Crippen molar-refractivity contribution in [2.75, 3.05) is 20.1 Å². The van der Waals surface area contributed by atoms with Crippen LogP contribution in [0.4, 0.5) is 8.78 Å².